The Labute approximate surface area is 113 Å². The van der Waals surface area contributed by atoms with E-state index in [4.69, 9.17) is 9.52 Å². The largest absolute Gasteiger partial charge is 0.481 e. The molecule has 106 valence electrons. The molecule has 0 atom stereocenters. The van der Waals surface area contributed by atoms with Gasteiger partial charge in [0.2, 0.25) is 0 Å². The summed E-state index contributed by atoms with van der Waals surface area (Å²) in [6.45, 7) is 5.34. The Morgan fingerprint density at radius 2 is 2.11 bits per heavy atom. The molecule has 1 aromatic heterocycles. The summed E-state index contributed by atoms with van der Waals surface area (Å²) in [5.41, 5.74) is 0.732. The third kappa shape index (κ3) is 4.65. The Kier molecular flexibility index (Phi) is 4.93. The topological polar surface area (TPSA) is 69.8 Å². The lowest BCUT2D eigenvalue weighted by atomic mass is 10.2. The highest BCUT2D eigenvalue weighted by molar-refractivity contribution is 5.66. The van der Waals surface area contributed by atoms with Crippen molar-refractivity contribution in [2.24, 2.45) is 0 Å². The number of nitrogens with zero attached hydrogens (tertiary/aromatic N) is 3. The first-order valence-electron chi connectivity index (χ1n) is 6.69. The quantitative estimate of drug-likeness (QED) is 0.808. The second kappa shape index (κ2) is 6.68. The van der Waals surface area contributed by atoms with E-state index in [1.54, 1.807) is 6.26 Å². The lowest BCUT2D eigenvalue weighted by Crippen LogP contribution is -2.45. The maximum atomic E-state index is 10.5. The van der Waals surface area contributed by atoms with Crippen molar-refractivity contribution in [2.75, 3.05) is 39.8 Å². The van der Waals surface area contributed by atoms with Gasteiger partial charge >= 0.3 is 5.97 Å². The summed E-state index contributed by atoms with van der Waals surface area (Å²) < 4.78 is 5.37. The standard InChI is InChI=1S/C13H21N3O3/c1-15-6-8-16(9-7-15)5-4-12-14-11(10-19-12)2-3-13(17)18/h10H,2-9H2,1H3,(H,17,18). The van der Waals surface area contributed by atoms with Crippen LogP contribution in [0.25, 0.3) is 0 Å². The molecule has 6 heteroatoms. The van der Waals surface area contributed by atoms with Gasteiger partial charge in [-0.15, -0.1) is 0 Å². The molecule has 0 aromatic carbocycles. The van der Waals surface area contributed by atoms with Crippen LogP contribution < -0.4 is 0 Å². The fourth-order valence-electron chi connectivity index (χ4n) is 2.14. The Morgan fingerprint density at radius 3 is 2.79 bits per heavy atom. The van der Waals surface area contributed by atoms with Gasteiger partial charge in [0.05, 0.1) is 12.1 Å². The molecule has 0 aliphatic carbocycles. The van der Waals surface area contributed by atoms with Crippen molar-refractivity contribution in [3.8, 4) is 0 Å². The van der Waals surface area contributed by atoms with Crippen molar-refractivity contribution in [1.29, 1.82) is 0 Å². The molecule has 1 N–H and O–H groups in total. The van der Waals surface area contributed by atoms with Gasteiger partial charge in [0, 0.05) is 45.6 Å². The number of aromatic nitrogens is 1. The van der Waals surface area contributed by atoms with Gasteiger partial charge in [0.25, 0.3) is 0 Å². The van der Waals surface area contributed by atoms with Crippen molar-refractivity contribution < 1.29 is 14.3 Å². The number of oxazole rings is 1. The van der Waals surface area contributed by atoms with E-state index in [1.165, 1.54) is 0 Å². The SMILES string of the molecule is CN1CCN(CCc2nc(CCC(=O)O)co2)CC1. The molecule has 1 saturated heterocycles. The number of likely N-dealkylation sites (N-methyl/N-ethyl adjacent to an activating group) is 1. The van der Waals surface area contributed by atoms with Crippen molar-refractivity contribution in [1.82, 2.24) is 14.8 Å². The molecule has 0 saturated carbocycles. The molecule has 2 heterocycles. The number of aliphatic carboxylic acids is 1. The van der Waals surface area contributed by atoms with Crippen molar-refractivity contribution in [3.05, 3.63) is 17.8 Å². The Hall–Kier alpha value is -1.40. The number of hydrogen-bond donors (Lipinski definition) is 1. The number of carbonyl (C=O) groups is 1. The molecule has 19 heavy (non-hydrogen) atoms. The van der Waals surface area contributed by atoms with Crippen LogP contribution in [0.4, 0.5) is 0 Å². The average molecular weight is 267 g/mol. The highest BCUT2D eigenvalue weighted by Gasteiger charge is 2.14. The van der Waals surface area contributed by atoms with Gasteiger partial charge in [-0.25, -0.2) is 4.98 Å². The van der Waals surface area contributed by atoms with E-state index in [2.05, 4.69) is 21.8 Å². The van der Waals surface area contributed by atoms with Crippen LogP contribution in [-0.4, -0.2) is 65.6 Å². The van der Waals surface area contributed by atoms with Crippen LogP contribution in [0, 0.1) is 0 Å². The minimum Gasteiger partial charge on any atom is -0.481 e. The zero-order valence-corrected chi connectivity index (χ0v) is 11.3. The number of carboxylic acid groups (broad SMARTS) is 1. The maximum absolute atomic E-state index is 10.5. The number of hydrogen-bond acceptors (Lipinski definition) is 5. The van der Waals surface area contributed by atoms with E-state index in [1.807, 2.05) is 0 Å². The molecule has 1 aliphatic rings. The van der Waals surface area contributed by atoms with Crippen molar-refractivity contribution in [3.63, 3.8) is 0 Å². The first-order chi connectivity index (χ1) is 9.13. The first kappa shape index (κ1) is 14.0. The fraction of sp³-hybridized carbons (Fsp3) is 0.692. The summed E-state index contributed by atoms with van der Waals surface area (Å²) in [5.74, 6) is -0.0960. The van der Waals surface area contributed by atoms with Crippen LogP contribution >= 0.6 is 0 Å². The van der Waals surface area contributed by atoms with Crippen LogP contribution in [0.1, 0.15) is 18.0 Å². The Balaban J connectivity index is 1.72. The summed E-state index contributed by atoms with van der Waals surface area (Å²) in [5, 5.41) is 8.61. The molecular weight excluding hydrogens is 246 g/mol. The monoisotopic (exact) mass is 267 g/mol. The molecule has 0 spiro atoms. The molecule has 0 bridgehead atoms. The van der Waals surface area contributed by atoms with Gasteiger partial charge in [-0.2, -0.15) is 0 Å². The van der Waals surface area contributed by atoms with Crippen LogP contribution in [0.2, 0.25) is 0 Å². The van der Waals surface area contributed by atoms with Gasteiger partial charge in [0.1, 0.15) is 6.26 Å². The highest BCUT2D eigenvalue weighted by atomic mass is 16.4. The van der Waals surface area contributed by atoms with Gasteiger partial charge in [-0.1, -0.05) is 0 Å². The average Bonchev–Trinajstić information content (AvgIpc) is 2.84. The predicted molar refractivity (Wildman–Crippen MR) is 70.1 cm³/mol. The molecule has 1 aliphatic heterocycles. The van der Waals surface area contributed by atoms with E-state index in [9.17, 15) is 4.79 Å². The van der Waals surface area contributed by atoms with Gasteiger partial charge in [-0.3, -0.25) is 4.79 Å². The van der Waals surface area contributed by atoms with Crippen molar-refractivity contribution >= 4 is 5.97 Å². The predicted octanol–water partition coefficient (Wildman–Crippen LogP) is 0.482. The maximum Gasteiger partial charge on any atom is 0.303 e. The zero-order chi connectivity index (χ0) is 13.7. The Bertz CT molecular complexity index is 411. The van der Waals surface area contributed by atoms with Gasteiger partial charge < -0.3 is 19.3 Å². The minimum atomic E-state index is -0.804. The number of piperazine rings is 1. The van der Waals surface area contributed by atoms with Gasteiger partial charge in [0.15, 0.2) is 5.89 Å². The van der Waals surface area contributed by atoms with Gasteiger partial charge in [-0.05, 0) is 7.05 Å². The number of carboxylic acids is 1. The van der Waals surface area contributed by atoms with E-state index >= 15 is 0 Å². The van der Waals surface area contributed by atoms with E-state index < -0.39 is 5.97 Å². The summed E-state index contributed by atoms with van der Waals surface area (Å²) >= 11 is 0. The lowest BCUT2D eigenvalue weighted by molar-refractivity contribution is -0.136. The molecular formula is C13H21N3O3. The smallest absolute Gasteiger partial charge is 0.303 e. The third-order valence-electron chi connectivity index (χ3n) is 3.43. The van der Waals surface area contributed by atoms with Crippen LogP contribution in [0.5, 0.6) is 0 Å². The molecule has 2 rings (SSSR count). The summed E-state index contributed by atoms with van der Waals surface area (Å²) in [6.07, 6.45) is 2.90. The normalized spacial score (nSPS) is 17.7. The van der Waals surface area contributed by atoms with E-state index in [0.717, 1.165) is 44.8 Å². The Morgan fingerprint density at radius 1 is 1.37 bits per heavy atom. The second-order valence-corrected chi connectivity index (χ2v) is 5.02. The van der Waals surface area contributed by atoms with E-state index in [0.29, 0.717) is 12.3 Å². The third-order valence-corrected chi connectivity index (χ3v) is 3.43. The van der Waals surface area contributed by atoms with E-state index in [-0.39, 0.29) is 6.42 Å². The molecule has 1 fully saturated rings. The lowest BCUT2D eigenvalue weighted by Gasteiger charge is -2.31. The fourth-order valence-corrected chi connectivity index (χ4v) is 2.14. The summed E-state index contributed by atoms with van der Waals surface area (Å²) in [4.78, 5) is 19.5. The molecule has 0 amide bonds. The zero-order valence-electron chi connectivity index (χ0n) is 11.3. The molecule has 0 unspecified atom stereocenters. The molecule has 0 radical (unpaired) electrons. The first-order valence-corrected chi connectivity index (χ1v) is 6.69. The van der Waals surface area contributed by atoms with Crippen LogP contribution in [0.3, 0.4) is 0 Å². The molecule has 6 nitrogen and oxygen atoms in total. The van der Waals surface area contributed by atoms with Crippen LogP contribution in [0.15, 0.2) is 10.7 Å². The number of rotatable bonds is 6. The van der Waals surface area contributed by atoms with Crippen molar-refractivity contribution in [2.45, 2.75) is 19.3 Å². The summed E-state index contributed by atoms with van der Waals surface area (Å²) in [7, 11) is 2.14. The second-order valence-electron chi connectivity index (χ2n) is 5.02. The minimum absolute atomic E-state index is 0.102. The highest BCUT2D eigenvalue weighted by Crippen LogP contribution is 2.07. The molecule has 1 aromatic rings. The number of aryl methyl sites for hydroxylation is 1. The summed E-state index contributed by atoms with van der Waals surface area (Å²) in [6, 6.07) is 0. The van der Waals surface area contributed by atoms with Crippen LogP contribution in [-0.2, 0) is 17.6 Å².